The first-order chi connectivity index (χ1) is 5.52. The number of hydrogen-bond donors (Lipinski definition) is 2. The van der Waals surface area contributed by atoms with Gasteiger partial charge in [-0.05, 0) is 19.3 Å². The van der Waals surface area contributed by atoms with E-state index in [0.29, 0.717) is 6.54 Å². The molecule has 0 aliphatic carbocycles. The van der Waals surface area contributed by atoms with E-state index in [2.05, 4.69) is 13.8 Å². The summed E-state index contributed by atoms with van der Waals surface area (Å²) < 4.78 is 0. The van der Waals surface area contributed by atoms with Gasteiger partial charge < -0.3 is 10.8 Å². The van der Waals surface area contributed by atoms with Crippen molar-refractivity contribution in [1.82, 2.24) is 0 Å². The third-order valence-corrected chi connectivity index (χ3v) is 2.55. The highest BCUT2D eigenvalue weighted by atomic mass is 16.3. The lowest BCUT2D eigenvalue weighted by atomic mass is 9.94. The molecule has 2 heteroatoms. The summed E-state index contributed by atoms with van der Waals surface area (Å²) >= 11 is 0. The highest BCUT2D eigenvalue weighted by Crippen LogP contribution is 2.16. The second-order valence-electron chi connectivity index (χ2n) is 4.11. The average Bonchev–Trinajstić information content (AvgIpc) is 2.04. The molecule has 12 heavy (non-hydrogen) atoms. The standard InChI is InChI=1S/C10H23NO/c1-4-9(2)6-5-7-10(3,12)8-11/h9,12H,4-8,11H2,1-3H3. The molecule has 74 valence electrons. The molecule has 0 saturated carbocycles. The maximum atomic E-state index is 9.58. The Morgan fingerprint density at radius 2 is 2.08 bits per heavy atom. The lowest BCUT2D eigenvalue weighted by molar-refractivity contribution is 0.0561. The van der Waals surface area contributed by atoms with Crippen LogP contribution in [0.25, 0.3) is 0 Å². The van der Waals surface area contributed by atoms with Crippen LogP contribution >= 0.6 is 0 Å². The fourth-order valence-electron chi connectivity index (χ4n) is 1.14. The second-order valence-corrected chi connectivity index (χ2v) is 4.11. The molecule has 0 spiro atoms. The van der Waals surface area contributed by atoms with E-state index in [4.69, 9.17) is 5.73 Å². The van der Waals surface area contributed by atoms with E-state index >= 15 is 0 Å². The van der Waals surface area contributed by atoms with Crippen LogP contribution in [0.15, 0.2) is 0 Å². The molecule has 0 aliphatic heterocycles. The maximum absolute atomic E-state index is 9.58. The highest BCUT2D eigenvalue weighted by Gasteiger charge is 2.17. The van der Waals surface area contributed by atoms with Gasteiger partial charge in [-0.25, -0.2) is 0 Å². The zero-order valence-corrected chi connectivity index (χ0v) is 8.64. The van der Waals surface area contributed by atoms with Crippen LogP contribution in [0.1, 0.15) is 46.5 Å². The van der Waals surface area contributed by atoms with E-state index in [1.165, 1.54) is 12.8 Å². The van der Waals surface area contributed by atoms with E-state index in [1.807, 2.05) is 6.92 Å². The molecule has 0 aromatic heterocycles. The molecule has 0 bridgehead atoms. The second kappa shape index (κ2) is 5.55. The van der Waals surface area contributed by atoms with Crippen LogP contribution in [-0.4, -0.2) is 17.3 Å². The summed E-state index contributed by atoms with van der Waals surface area (Å²) in [7, 11) is 0. The van der Waals surface area contributed by atoms with Crippen molar-refractivity contribution in [2.45, 2.75) is 52.1 Å². The summed E-state index contributed by atoms with van der Waals surface area (Å²) in [6.07, 6.45) is 4.34. The van der Waals surface area contributed by atoms with Crippen LogP contribution < -0.4 is 5.73 Å². The predicted octanol–water partition coefficient (Wildman–Crippen LogP) is 1.91. The van der Waals surface area contributed by atoms with Gasteiger partial charge in [-0.1, -0.05) is 33.1 Å². The van der Waals surface area contributed by atoms with Gasteiger partial charge in [-0.3, -0.25) is 0 Å². The number of nitrogens with two attached hydrogens (primary N) is 1. The summed E-state index contributed by atoms with van der Waals surface area (Å²) in [6, 6.07) is 0. The molecule has 2 atom stereocenters. The van der Waals surface area contributed by atoms with E-state index in [-0.39, 0.29) is 0 Å². The normalized spacial score (nSPS) is 18.8. The molecule has 2 nitrogen and oxygen atoms in total. The molecule has 0 heterocycles. The SMILES string of the molecule is CCC(C)CCCC(C)(O)CN. The summed E-state index contributed by atoms with van der Waals surface area (Å²) in [4.78, 5) is 0. The Morgan fingerprint density at radius 3 is 2.50 bits per heavy atom. The van der Waals surface area contributed by atoms with E-state index in [1.54, 1.807) is 0 Å². The van der Waals surface area contributed by atoms with Crippen LogP contribution in [0.4, 0.5) is 0 Å². The smallest absolute Gasteiger partial charge is 0.0741 e. The molecule has 0 aliphatic rings. The first-order valence-electron chi connectivity index (χ1n) is 4.94. The van der Waals surface area contributed by atoms with Crippen LogP contribution in [0.5, 0.6) is 0 Å². The number of aliphatic hydroxyl groups is 1. The highest BCUT2D eigenvalue weighted by molar-refractivity contribution is 4.73. The Balaban J connectivity index is 3.42. The Hall–Kier alpha value is -0.0800. The minimum Gasteiger partial charge on any atom is -0.389 e. The largest absolute Gasteiger partial charge is 0.389 e. The molecule has 0 aromatic carbocycles. The van der Waals surface area contributed by atoms with Crippen molar-refractivity contribution < 1.29 is 5.11 Å². The van der Waals surface area contributed by atoms with Crippen LogP contribution in [-0.2, 0) is 0 Å². The third kappa shape index (κ3) is 5.56. The summed E-state index contributed by atoms with van der Waals surface area (Å²) in [6.45, 7) is 6.63. The first kappa shape index (κ1) is 11.9. The van der Waals surface area contributed by atoms with Gasteiger partial charge in [0.15, 0.2) is 0 Å². The number of hydrogen-bond acceptors (Lipinski definition) is 2. The Bertz CT molecular complexity index is 112. The van der Waals surface area contributed by atoms with Gasteiger partial charge in [-0.15, -0.1) is 0 Å². The molecule has 0 fully saturated rings. The van der Waals surface area contributed by atoms with Crippen molar-refractivity contribution >= 4 is 0 Å². The predicted molar refractivity (Wildman–Crippen MR) is 53.0 cm³/mol. The van der Waals surface area contributed by atoms with Crippen molar-refractivity contribution in [3.63, 3.8) is 0 Å². The Morgan fingerprint density at radius 1 is 1.50 bits per heavy atom. The maximum Gasteiger partial charge on any atom is 0.0741 e. The molecule has 0 saturated heterocycles. The molecule has 2 unspecified atom stereocenters. The lowest BCUT2D eigenvalue weighted by Crippen LogP contribution is -2.33. The van der Waals surface area contributed by atoms with Gasteiger partial charge in [0.2, 0.25) is 0 Å². The monoisotopic (exact) mass is 173 g/mol. The van der Waals surface area contributed by atoms with Crippen LogP contribution in [0.3, 0.4) is 0 Å². The van der Waals surface area contributed by atoms with Crippen molar-refractivity contribution in [2.75, 3.05) is 6.54 Å². The first-order valence-corrected chi connectivity index (χ1v) is 4.94. The van der Waals surface area contributed by atoms with Crippen molar-refractivity contribution in [1.29, 1.82) is 0 Å². The fourth-order valence-corrected chi connectivity index (χ4v) is 1.14. The van der Waals surface area contributed by atoms with Gasteiger partial charge in [0.25, 0.3) is 0 Å². The summed E-state index contributed by atoms with van der Waals surface area (Å²) in [5, 5.41) is 9.58. The molecule has 3 N–H and O–H groups in total. The fraction of sp³-hybridized carbons (Fsp3) is 1.00. The van der Waals surface area contributed by atoms with E-state index < -0.39 is 5.60 Å². The van der Waals surface area contributed by atoms with Crippen molar-refractivity contribution in [2.24, 2.45) is 11.7 Å². The average molecular weight is 173 g/mol. The Kier molecular flexibility index (Phi) is 5.51. The van der Waals surface area contributed by atoms with Gasteiger partial charge >= 0.3 is 0 Å². The van der Waals surface area contributed by atoms with Crippen molar-refractivity contribution in [3.8, 4) is 0 Å². The van der Waals surface area contributed by atoms with Gasteiger partial charge in [0.1, 0.15) is 0 Å². The minimum atomic E-state index is -0.645. The molecular formula is C10H23NO. The topological polar surface area (TPSA) is 46.2 Å². The third-order valence-electron chi connectivity index (χ3n) is 2.55. The van der Waals surface area contributed by atoms with Gasteiger partial charge in [0.05, 0.1) is 5.60 Å². The molecule has 0 rings (SSSR count). The zero-order valence-electron chi connectivity index (χ0n) is 8.64. The zero-order chi connectivity index (χ0) is 9.61. The van der Waals surface area contributed by atoms with E-state index in [9.17, 15) is 5.11 Å². The van der Waals surface area contributed by atoms with Gasteiger partial charge in [0, 0.05) is 6.54 Å². The molecule has 0 aromatic rings. The minimum absolute atomic E-state index is 0.369. The Labute approximate surface area is 76.2 Å². The van der Waals surface area contributed by atoms with Gasteiger partial charge in [-0.2, -0.15) is 0 Å². The summed E-state index contributed by atoms with van der Waals surface area (Å²) in [5.74, 6) is 0.776. The molecule has 0 radical (unpaired) electrons. The number of rotatable bonds is 6. The quantitative estimate of drug-likeness (QED) is 0.644. The molecule has 0 amide bonds. The molecular weight excluding hydrogens is 150 g/mol. The van der Waals surface area contributed by atoms with Crippen molar-refractivity contribution in [3.05, 3.63) is 0 Å². The van der Waals surface area contributed by atoms with E-state index in [0.717, 1.165) is 18.8 Å². The van der Waals surface area contributed by atoms with Crippen LogP contribution in [0.2, 0.25) is 0 Å². The summed E-state index contributed by atoms with van der Waals surface area (Å²) in [5.41, 5.74) is 4.76. The lowest BCUT2D eigenvalue weighted by Gasteiger charge is -2.21. The van der Waals surface area contributed by atoms with Crippen LogP contribution in [0, 0.1) is 5.92 Å².